The van der Waals surface area contributed by atoms with Gasteiger partial charge in [-0.25, -0.2) is 0 Å². The van der Waals surface area contributed by atoms with Crippen molar-refractivity contribution >= 4 is 57.6 Å². The van der Waals surface area contributed by atoms with E-state index >= 15 is 0 Å². The largest absolute Gasteiger partial charge is 0.180 e. The van der Waals surface area contributed by atoms with Crippen LogP contribution in [0, 0.1) is 6.92 Å². The number of hydrogen-bond acceptors (Lipinski definition) is 0. The van der Waals surface area contributed by atoms with E-state index in [4.69, 9.17) is 2.74 Å². The van der Waals surface area contributed by atoms with Gasteiger partial charge in [-0.2, -0.15) is 0 Å². The van der Waals surface area contributed by atoms with Gasteiger partial charge in [-0.15, -0.1) is 0 Å². The standard InChI is InChI=1S/C55H40Si2/c1-39-35-45(56(43-23-10-4-11-24-43)52-31-17-15-28-50(52)55-47(29-18-32-53(55)56)41-21-8-3-9-22-41)38-46(36-39)57(44-25-12-5-13-26-44)51-30-16-14-27-48(51)49-34-33-42(37-54(49)57)40-19-6-2-7-20-40/h2-38H,1H3/i4D,5D,10D,11D,12D,13D,23D,24D,25D,26D,35D,36D,38D. The van der Waals surface area contributed by atoms with E-state index in [9.17, 15) is 15.1 Å². The fourth-order valence-electron chi connectivity index (χ4n) is 9.45. The molecule has 0 saturated heterocycles. The highest BCUT2D eigenvalue weighted by atomic mass is 28.3. The highest BCUT2D eigenvalue weighted by molar-refractivity contribution is 7.24. The minimum Gasteiger partial charge on any atom is -0.0623 e. The second-order valence-electron chi connectivity index (χ2n) is 14.6. The third-order valence-electron chi connectivity index (χ3n) is 11.7. The van der Waals surface area contributed by atoms with E-state index in [1.165, 1.54) is 0 Å². The van der Waals surface area contributed by atoms with E-state index in [0.717, 1.165) is 27.8 Å². The summed E-state index contributed by atoms with van der Waals surface area (Å²) in [5.74, 6) is 0. The fraction of sp³-hybridized carbons (Fsp3) is 0.0182. The first-order valence-corrected chi connectivity index (χ1v) is 23.0. The van der Waals surface area contributed by atoms with Crippen LogP contribution in [-0.2, 0) is 0 Å². The molecule has 0 saturated carbocycles. The summed E-state index contributed by atoms with van der Waals surface area (Å²) in [6, 6.07) is 39.8. The van der Waals surface area contributed by atoms with Crippen LogP contribution >= 0.6 is 0 Å². The van der Waals surface area contributed by atoms with Crippen molar-refractivity contribution < 1.29 is 17.8 Å². The lowest BCUT2D eigenvalue weighted by Gasteiger charge is -2.36. The van der Waals surface area contributed by atoms with Crippen LogP contribution in [0.25, 0.3) is 44.5 Å². The third-order valence-corrected chi connectivity index (χ3v) is 20.6. The molecule has 0 amide bonds. The first-order chi connectivity index (χ1) is 33.6. The summed E-state index contributed by atoms with van der Waals surface area (Å²) < 4.78 is 125. The molecule has 2 atom stereocenters. The Labute approximate surface area is 355 Å². The molecule has 0 radical (unpaired) electrons. The lowest BCUT2D eigenvalue weighted by molar-refractivity contribution is 1.50. The van der Waals surface area contributed by atoms with Crippen molar-refractivity contribution in [1.29, 1.82) is 0 Å². The molecule has 0 spiro atoms. The van der Waals surface area contributed by atoms with Crippen LogP contribution in [0.5, 0.6) is 0 Å². The second-order valence-corrected chi connectivity index (χ2v) is 21.7. The monoisotopic (exact) mass is 769 g/mol. The predicted molar refractivity (Wildman–Crippen MR) is 247 cm³/mol. The Morgan fingerprint density at radius 2 is 0.842 bits per heavy atom. The molecule has 9 aromatic rings. The van der Waals surface area contributed by atoms with Gasteiger partial charge in [0.2, 0.25) is 0 Å². The lowest BCUT2D eigenvalue weighted by Crippen LogP contribution is -2.76. The van der Waals surface area contributed by atoms with Gasteiger partial charge in [-0.3, -0.25) is 0 Å². The first-order valence-electron chi connectivity index (χ1n) is 25.5. The Morgan fingerprint density at radius 1 is 0.351 bits per heavy atom. The van der Waals surface area contributed by atoms with Crippen molar-refractivity contribution in [2.45, 2.75) is 6.92 Å². The topological polar surface area (TPSA) is 0 Å². The zero-order valence-electron chi connectivity index (χ0n) is 43.9. The molecular weight excluding hydrogens is 717 g/mol. The van der Waals surface area contributed by atoms with Gasteiger partial charge in [0.15, 0.2) is 16.1 Å². The van der Waals surface area contributed by atoms with E-state index < -0.39 is 76.6 Å². The maximum atomic E-state index is 11.1. The third kappa shape index (κ3) is 4.91. The highest BCUT2D eigenvalue weighted by Gasteiger charge is 2.52. The van der Waals surface area contributed by atoms with Crippen LogP contribution in [0.2, 0.25) is 0 Å². The fourth-order valence-corrected chi connectivity index (χ4v) is 19.1. The van der Waals surface area contributed by atoms with E-state index in [-0.39, 0.29) is 44.4 Å². The summed E-state index contributed by atoms with van der Waals surface area (Å²) in [5.41, 5.74) is 6.28. The molecule has 0 aliphatic carbocycles. The maximum Gasteiger partial charge on any atom is 0.180 e. The van der Waals surface area contributed by atoms with Crippen molar-refractivity contribution in [3.8, 4) is 44.5 Å². The van der Waals surface area contributed by atoms with E-state index in [0.29, 0.717) is 37.4 Å². The van der Waals surface area contributed by atoms with Gasteiger partial charge >= 0.3 is 0 Å². The summed E-state index contributed by atoms with van der Waals surface area (Å²) in [5, 5.41) is 2.44. The van der Waals surface area contributed by atoms with Crippen LogP contribution in [-0.4, -0.2) is 16.1 Å². The first kappa shape index (κ1) is 22.8. The van der Waals surface area contributed by atoms with Crippen molar-refractivity contribution in [1.82, 2.24) is 0 Å². The summed E-state index contributed by atoms with van der Waals surface area (Å²) in [6.07, 6.45) is 0. The number of rotatable bonds is 6. The second kappa shape index (κ2) is 13.3. The minimum atomic E-state index is -4.56. The lowest BCUT2D eigenvalue weighted by atomic mass is 9.95. The van der Waals surface area contributed by atoms with Gasteiger partial charge in [0, 0.05) is 0 Å². The molecule has 0 N–H and O–H groups in total. The summed E-state index contributed by atoms with van der Waals surface area (Å²) in [7, 11) is -9.12. The maximum absolute atomic E-state index is 11.1. The zero-order chi connectivity index (χ0) is 49.3. The van der Waals surface area contributed by atoms with Crippen LogP contribution in [0.4, 0.5) is 0 Å². The van der Waals surface area contributed by atoms with Gasteiger partial charge in [0.1, 0.15) is 0 Å². The summed E-state index contributed by atoms with van der Waals surface area (Å²) in [6.45, 7) is 1.62. The van der Waals surface area contributed by atoms with E-state index in [1.54, 1.807) is 6.92 Å². The van der Waals surface area contributed by atoms with Crippen molar-refractivity contribution in [3.05, 3.63) is 230 Å². The van der Waals surface area contributed by atoms with Gasteiger partial charge < -0.3 is 0 Å². The summed E-state index contributed by atoms with van der Waals surface area (Å²) in [4.78, 5) is 0. The molecule has 11 rings (SSSR count). The number of fused-ring (bicyclic) bond motifs is 6. The van der Waals surface area contributed by atoms with Crippen LogP contribution in [0.1, 0.15) is 23.4 Å². The Bertz CT molecular complexity index is 3570. The molecule has 0 nitrogen and oxygen atoms in total. The molecule has 0 aromatic heterocycles. The van der Waals surface area contributed by atoms with Crippen molar-refractivity contribution in [2.24, 2.45) is 0 Å². The van der Waals surface area contributed by atoms with Crippen LogP contribution < -0.4 is 41.5 Å². The van der Waals surface area contributed by atoms with E-state index in [2.05, 4.69) is 0 Å². The molecular formula is C55H40Si2. The smallest absolute Gasteiger partial charge is 0.0623 e. The Hall–Kier alpha value is -6.59. The van der Waals surface area contributed by atoms with Crippen LogP contribution in [0.15, 0.2) is 224 Å². The molecule has 2 heterocycles. The number of benzene rings is 9. The molecule has 2 heteroatoms. The molecule has 9 aromatic carbocycles. The zero-order valence-corrected chi connectivity index (χ0v) is 32.9. The normalized spacial score (nSPS) is 20.5. The van der Waals surface area contributed by atoms with Gasteiger partial charge in [-0.1, -0.05) is 230 Å². The quantitative estimate of drug-likeness (QED) is 0.150. The average molecular weight is 770 g/mol. The van der Waals surface area contributed by atoms with Gasteiger partial charge in [0.05, 0.1) is 17.8 Å². The average Bonchev–Trinajstić information content (AvgIpc) is 3.84. The van der Waals surface area contributed by atoms with Gasteiger partial charge in [-0.05, 0) is 92.9 Å². The Balaban J connectivity index is 1.41. The predicted octanol–water partition coefficient (Wildman–Crippen LogP) is 8.04. The Morgan fingerprint density at radius 3 is 1.49 bits per heavy atom. The SMILES string of the molecule is [2H]c1c([2H])c([2H])c([Si]2(c3c([2H])c(C)c([2H])c([Si]4(c5c([2H])c([2H])c([2H])c([2H])c5[2H])c5ccccc5-c5c(-c6ccccc6)cccc54)c3[2H])c3ccccc3-c3ccc(-c4ccccc4)cc32)c([2H])c1[2H]. The van der Waals surface area contributed by atoms with Crippen LogP contribution in [0.3, 0.4) is 0 Å². The summed E-state index contributed by atoms with van der Waals surface area (Å²) >= 11 is 0. The number of hydrogen-bond donors (Lipinski definition) is 0. The van der Waals surface area contributed by atoms with Gasteiger partial charge in [0.25, 0.3) is 0 Å². The van der Waals surface area contributed by atoms with Crippen molar-refractivity contribution in [2.75, 3.05) is 0 Å². The molecule has 2 aliphatic heterocycles. The minimum absolute atomic E-state index is 0.0443. The van der Waals surface area contributed by atoms with E-state index in [1.807, 2.05) is 146 Å². The molecule has 2 unspecified atom stereocenters. The molecule has 268 valence electrons. The Kier molecular flexibility index (Phi) is 5.32. The van der Waals surface area contributed by atoms with Crippen molar-refractivity contribution in [3.63, 3.8) is 0 Å². The molecule has 0 fully saturated rings. The highest BCUT2D eigenvalue weighted by Crippen LogP contribution is 2.37. The molecule has 0 bridgehead atoms. The molecule has 57 heavy (non-hydrogen) atoms. The molecule has 2 aliphatic rings.